The van der Waals surface area contributed by atoms with Crippen LogP contribution in [0.3, 0.4) is 0 Å². The molecule has 0 atom stereocenters. The monoisotopic (exact) mass is 460 g/mol. The van der Waals surface area contributed by atoms with Gasteiger partial charge in [0.05, 0.1) is 26.2 Å². The summed E-state index contributed by atoms with van der Waals surface area (Å²) in [6, 6.07) is 19.6. The van der Waals surface area contributed by atoms with Gasteiger partial charge in [0, 0.05) is 26.2 Å². The number of rotatable bonds is 7. The molecule has 0 unspecified atom stereocenters. The van der Waals surface area contributed by atoms with E-state index >= 15 is 0 Å². The van der Waals surface area contributed by atoms with Gasteiger partial charge in [-0.2, -0.15) is 4.98 Å². The second kappa shape index (κ2) is 9.66. The number of nitrogens with zero attached hydrogens (tertiary/aromatic N) is 5. The molecule has 176 valence electrons. The quantitative estimate of drug-likeness (QED) is 0.425. The maximum absolute atomic E-state index is 13.6. The summed E-state index contributed by atoms with van der Waals surface area (Å²) in [5.41, 5.74) is 1.82. The Morgan fingerprint density at radius 2 is 1.41 bits per heavy atom. The van der Waals surface area contributed by atoms with Crippen LogP contribution in [0.5, 0.6) is 0 Å². The molecule has 0 radical (unpaired) electrons. The van der Waals surface area contributed by atoms with Crippen LogP contribution in [-0.2, 0) is 19.6 Å². The molecule has 34 heavy (non-hydrogen) atoms. The van der Waals surface area contributed by atoms with E-state index in [9.17, 15) is 14.7 Å². The minimum absolute atomic E-state index is 0.0676. The highest BCUT2D eigenvalue weighted by Gasteiger charge is 2.25. The average molecular weight is 461 g/mol. The molecule has 9 heteroatoms. The van der Waals surface area contributed by atoms with Gasteiger partial charge in [0.15, 0.2) is 11.2 Å². The molecule has 1 aliphatic heterocycles. The number of anilines is 1. The molecule has 0 saturated carbocycles. The van der Waals surface area contributed by atoms with Crippen molar-refractivity contribution in [3.63, 3.8) is 0 Å². The Kier molecular flexibility index (Phi) is 6.29. The molecule has 2 aromatic heterocycles. The molecule has 2 aromatic carbocycles. The first kappa shape index (κ1) is 22.1. The number of hydrogen-bond donors (Lipinski definition) is 2. The number of aliphatic hydroxyl groups excluding tert-OH is 1. The number of nitrogens with one attached hydrogen (secondary N) is 1. The molecule has 9 nitrogen and oxygen atoms in total. The largest absolute Gasteiger partial charge is 0.395 e. The SMILES string of the molecule is O=c1c2c(nc(N3CCNCC3)n2Cc2ccccc2)n(Cc2ccccc2)c(=O)n1CCO. The zero-order valence-electron chi connectivity index (χ0n) is 18.9. The molecule has 5 rings (SSSR count). The van der Waals surface area contributed by atoms with E-state index in [4.69, 9.17) is 4.98 Å². The third kappa shape index (κ3) is 4.15. The predicted octanol–water partition coefficient (Wildman–Crippen LogP) is 0.858. The molecule has 1 fully saturated rings. The Hall–Kier alpha value is -3.69. The van der Waals surface area contributed by atoms with Gasteiger partial charge in [-0.25, -0.2) is 4.79 Å². The van der Waals surface area contributed by atoms with Crippen molar-refractivity contribution in [1.82, 2.24) is 24.0 Å². The third-order valence-corrected chi connectivity index (χ3v) is 6.18. The minimum Gasteiger partial charge on any atom is -0.395 e. The molecule has 1 saturated heterocycles. The van der Waals surface area contributed by atoms with Gasteiger partial charge in [-0.3, -0.25) is 18.5 Å². The van der Waals surface area contributed by atoms with Crippen molar-refractivity contribution < 1.29 is 5.11 Å². The van der Waals surface area contributed by atoms with E-state index in [2.05, 4.69) is 10.2 Å². The maximum atomic E-state index is 13.6. The Morgan fingerprint density at radius 1 is 0.824 bits per heavy atom. The van der Waals surface area contributed by atoms with E-state index in [0.717, 1.165) is 41.9 Å². The lowest BCUT2D eigenvalue weighted by Crippen LogP contribution is -2.44. The van der Waals surface area contributed by atoms with Crippen LogP contribution in [0.2, 0.25) is 0 Å². The number of hydrogen-bond acceptors (Lipinski definition) is 6. The molecule has 1 aliphatic rings. The first-order valence-electron chi connectivity index (χ1n) is 11.6. The van der Waals surface area contributed by atoms with Crippen molar-refractivity contribution >= 4 is 17.1 Å². The molecular weight excluding hydrogens is 432 g/mol. The number of aromatic nitrogens is 4. The van der Waals surface area contributed by atoms with Gasteiger partial charge in [-0.1, -0.05) is 60.7 Å². The first-order chi connectivity index (χ1) is 16.7. The zero-order chi connectivity index (χ0) is 23.5. The average Bonchev–Trinajstić information content (AvgIpc) is 3.25. The predicted molar refractivity (Wildman–Crippen MR) is 132 cm³/mol. The van der Waals surface area contributed by atoms with Gasteiger partial charge in [-0.05, 0) is 11.1 Å². The van der Waals surface area contributed by atoms with Crippen molar-refractivity contribution in [2.24, 2.45) is 0 Å². The highest BCUT2D eigenvalue weighted by atomic mass is 16.3. The highest BCUT2D eigenvalue weighted by Crippen LogP contribution is 2.22. The summed E-state index contributed by atoms with van der Waals surface area (Å²) in [5, 5.41) is 12.9. The van der Waals surface area contributed by atoms with Crippen molar-refractivity contribution in [1.29, 1.82) is 0 Å². The molecule has 0 bridgehead atoms. The van der Waals surface area contributed by atoms with Crippen molar-refractivity contribution in [3.8, 4) is 0 Å². The van der Waals surface area contributed by atoms with Gasteiger partial charge in [0.1, 0.15) is 0 Å². The van der Waals surface area contributed by atoms with Crippen LogP contribution < -0.4 is 21.5 Å². The first-order valence-corrected chi connectivity index (χ1v) is 11.6. The minimum atomic E-state index is -0.466. The van der Waals surface area contributed by atoms with Crippen LogP contribution >= 0.6 is 0 Å². The van der Waals surface area contributed by atoms with Gasteiger partial charge in [0.2, 0.25) is 5.95 Å². The zero-order valence-corrected chi connectivity index (χ0v) is 18.9. The molecule has 0 aliphatic carbocycles. The van der Waals surface area contributed by atoms with E-state index in [1.54, 1.807) is 4.57 Å². The summed E-state index contributed by atoms with van der Waals surface area (Å²) in [7, 11) is 0. The van der Waals surface area contributed by atoms with Gasteiger partial charge >= 0.3 is 5.69 Å². The van der Waals surface area contributed by atoms with E-state index < -0.39 is 11.2 Å². The fourth-order valence-corrected chi connectivity index (χ4v) is 4.51. The second-order valence-electron chi connectivity index (χ2n) is 8.43. The summed E-state index contributed by atoms with van der Waals surface area (Å²) < 4.78 is 4.60. The smallest absolute Gasteiger partial charge is 0.333 e. The Morgan fingerprint density at radius 3 is 2.00 bits per heavy atom. The number of benzene rings is 2. The van der Waals surface area contributed by atoms with Crippen molar-refractivity contribution in [2.75, 3.05) is 37.7 Å². The number of imidazole rings is 1. The van der Waals surface area contributed by atoms with Crippen LogP contribution in [0.25, 0.3) is 11.2 Å². The summed E-state index contributed by atoms with van der Waals surface area (Å²) in [4.78, 5) is 34.1. The summed E-state index contributed by atoms with van der Waals surface area (Å²) in [6.07, 6.45) is 0. The lowest BCUT2D eigenvalue weighted by atomic mass is 10.2. The van der Waals surface area contributed by atoms with Gasteiger partial charge in [-0.15, -0.1) is 0 Å². The van der Waals surface area contributed by atoms with Crippen molar-refractivity contribution in [3.05, 3.63) is 92.6 Å². The number of piperazine rings is 1. The Labute approximate surface area is 196 Å². The second-order valence-corrected chi connectivity index (χ2v) is 8.43. The van der Waals surface area contributed by atoms with E-state index in [0.29, 0.717) is 23.7 Å². The van der Waals surface area contributed by atoms with Gasteiger partial charge in [0.25, 0.3) is 5.56 Å². The normalized spacial score (nSPS) is 14.1. The standard InChI is InChI=1S/C25H28N6O3/c32-16-15-29-23(33)21-22(31(25(29)34)18-20-9-5-2-6-10-20)27-24(28-13-11-26-12-14-28)30(21)17-19-7-3-1-4-8-19/h1-10,26,32H,11-18H2. The lowest BCUT2D eigenvalue weighted by Gasteiger charge is -2.28. The number of fused-ring (bicyclic) bond motifs is 1. The molecule has 4 aromatic rings. The lowest BCUT2D eigenvalue weighted by molar-refractivity contribution is 0.270. The highest BCUT2D eigenvalue weighted by molar-refractivity contribution is 5.75. The van der Waals surface area contributed by atoms with Crippen LogP contribution in [0, 0.1) is 0 Å². The molecule has 0 spiro atoms. The molecular formula is C25H28N6O3. The van der Waals surface area contributed by atoms with Gasteiger partial charge < -0.3 is 15.3 Å². The maximum Gasteiger partial charge on any atom is 0.333 e. The van der Waals surface area contributed by atoms with Crippen LogP contribution in [0.15, 0.2) is 70.3 Å². The van der Waals surface area contributed by atoms with E-state index in [1.807, 2.05) is 65.2 Å². The van der Waals surface area contributed by atoms with Crippen LogP contribution in [-0.4, -0.2) is 56.6 Å². The summed E-state index contributed by atoms with van der Waals surface area (Å²) >= 11 is 0. The summed E-state index contributed by atoms with van der Waals surface area (Å²) in [5.74, 6) is 0.681. The number of aliphatic hydroxyl groups is 1. The third-order valence-electron chi connectivity index (χ3n) is 6.18. The molecule has 2 N–H and O–H groups in total. The Bertz CT molecular complexity index is 1390. The molecule has 0 amide bonds. The molecule has 3 heterocycles. The fraction of sp³-hybridized carbons (Fsp3) is 0.320. The summed E-state index contributed by atoms with van der Waals surface area (Å²) in [6.45, 7) is 3.52. The van der Waals surface area contributed by atoms with Crippen LogP contribution in [0.4, 0.5) is 5.95 Å². The van der Waals surface area contributed by atoms with E-state index in [-0.39, 0.29) is 19.7 Å². The fourth-order valence-electron chi connectivity index (χ4n) is 4.51. The van der Waals surface area contributed by atoms with E-state index in [1.165, 1.54) is 0 Å². The topological polar surface area (TPSA) is 97.3 Å². The van der Waals surface area contributed by atoms with Crippen molar-refractivity contribution in [2.45, 2.75) is 19.6 Å². The van der Waals surface area contributed by atoms with Crippen LogP contribution in [0.1, 0.15) is 11.1 Å². The Balaban J connectivity index is 1.77.